The lowest BCUT2D eigenvalue weighted by atomic mass is 9.76. The maximum absolute atomic E-state index is 2.37. The lowest BCUT2D eigenvalue weighted by Gasteiger charge is -2.30. The molecule has 1 fully saturated rings. The van der Waals surface area contributed by atoms with Gasteiger partial charge in [-0.15, -0.1) is 0 Å². The predicted molar refractivity (Wildman–Crippen MR) is 64.4 cm³/mol. The van der Waals surface area contributed by atoms with Gasteiger partial charge in [0, 0.05) is 0 Å². The van der Waals surface area contributed by atoms with E-state index in [-0.39, 0.29) is 0 Å². The minimum atomic E-state index is 0.541. The van der Waals surface area contributed by atoms with Gasteiger partial charge in [0.1, 0.15) is 0 Å². The summed E-state index contributed by atoms with van der Waals surface area (Å²) < 4.78 is 0. The molecular formula is C14H28. The van der Waals surface area contributed by atoms with E-state index in [1.54, 1.807) is 0 Å². The first-order valence-electron chi connectivity index (χ1n) is 6.51. The van der Waals surface area contributed by atoms with Crippen molar-refractivity contribution < 1.29 is 0 Å². The Kier molecular flexibility index (Phi) is 4.47. The summed E-state index contributed by atoms with van der Waals surface area (Å²) in [6, 6.07) is 0. The fourth-order valence-corrected chi connectivity index (χ4v) is 2.67. The van der Waals surface area contributed by atoms with Gasteiger partial charge in [0.15, 0.2) is 0 Å². The third-order valence-corrected chi connectivity index (χ3v) is 3.77. The monoisotopic (exact) mass is 196 g/mol. The molecule has 0 bridgehead atoms. The van der Waals surface area contributed by atoms with Gasteiger partial charge in [0.05, 0.1) is 0 Å². The molecule has 0 nitrogen and oxygen atoms in total. The molecule has 0 aromatic carbocycles. The molecule has 2 unspecified atom stereocenters. The first-order valence-corrected chi connectivity index (χ1v) is 6.51. The first-order chi connectivity index (χ1) is 6.51. The summed E-state index contributed by atoms with van der Waals surface area (Å²) in [7, 11) is 0. The maximum Gasteiger partial charge on any atom is -0.0383 e. The largest absolute Gasteiger partial charge is 0.0651 e. The Morgan fingerprint density at radius 3 is 2.29 bits per heavy atom. The van der Waals surface area contributed by atoms with Gasteiger partial charge >= 0.3 is 0 Å². The van der Waals surface area contributed by atoms with Gasteiger partial charge in [0.2, 0.25) is 0 Å². The molecule has 2 atom stereocenters. The van der Waals surface area contributed by atoms with E-state index in [0.717, 1.165) is 11.8 Å². The standard InChI is InChI=1S/C14H28/c1-5-12-7-6-8-13(11-12)9-10-14(2,3)4/h12-13H,5-11H2,1-4H3. The number of rotatable bonds is 3. The van der Waals surface area contributed by atoms with Crippen LogP contribution < -0.4 is 0 Å². The van der Waals surface area contributed by atoms with Crippen LogP contribution in [0.15, 0.2) is 0 Å². The van der Waals surface area contributed by atoms with Crippen LogP contribution in [0.25, 0.3) is 0 Å². The summed E-state index contributed by atoms with van der Waals surface area (Å²) in [5, 5.41) is 0. The van der Waals surface area contributed by atoms with Crippen molar-refractivity contribution in [2.45, 2.75) is 72.6 Å². The SMILES string of the molecule is CCC1CCCC(CCC(C)(C)C)C1. The molecule has 0 aromatic heterocycles. The quantitative estimate of drug-likeness (QED) is 0.594. The molecule has 1 aliphatic rings. The third-order valence-electron chi connectivity index (χ3n) is 3.77. The molecule has 1 aliphatic carbocycles. The van der Waals surface area contributed by atoms with Crippen LogP contribution in [-0.2, 0) is 0 Å². The van der Waals surface area contributed by atoms with Crippen LogP contribution in [-0.4, -0.2) is 0 Å². The average molecular weight is 196 g/mol. The van der Waals surface area contributed by atoms with Crippen LogP contribution in [0.4, 0.5) is 0 Å². The Bertz CT molecular complexity index is 152. The summed E-state index contributed by atoms with van der Waals surface area (Å²) in [5.41, 5.74) is 0.541. The number of hydrogen-bond donors (Lipinski definition) is 0. The highest BCUT2D eigenvalue weighted by molar-refractivity contribution is 4.74. The van der Waals surface area contributed by atoms with E-state index in [4.69, 9.17) is 0 Å². The highest BCUT2D eigenvalue weighted by Gasteiger charge is 2.22. The zero-order valence-corrected chi connectivity index (χ0v) is 10.6. The van der Waals surface area contributed by atoms with E-state index < -0.39 is 0 Å². The van der Waals surface area contributed by atoms with Gasteiger partial charge in [-0.2, -0.15) is 0 Å². The normalized spacial score (nSPS) is 29.1. The minimum absolute atomic E-state index is 0.541. The van der Waals surface area contributed by atoms with Gasteiger partial charge < -0.3 is 0 Å². The fraction of sp³-hybridized carbons (Fsp3) is 1.00. The van der Waals surface area contributed by atoms with Gasteiger partial charge in [0.25, 0.3) is 0 Å². The summed E-state index contributed by atoms with van der Waals surface area (Å²) in [6.45, 7) is 9.46. The Labute approximate surface area is 90.5 Å². The van der Waals surface area contributed by atoms with Crippen LogP contribution in [0.3, 0.4) is 0 Å². The van der Waals surface area contributed by atoms with Gasteiger partial charge in [-0.25, -0.2) is 0 Å². The van der Waals surface area contributed by atoms with Crippen LogP contribution in [0.2, 0.25) is 0 Å². The lowest BCUT2D eigenvalue weighted by molar-refractivity contribution is 0.221. The van der Waals surface area contributed by atoms with E-state index >= 15 is 0 Å². The van der Waals surface area contributed by atoms with Crippen LogP contribution in [0.5, 0.6) is 0 Å². The zero-order chi connectivity index (χ0) is 10.6. The average Bonchev–Trinajstić information content (AvgIpc) is 2.14. The molecule has 0 N–H and O–H groups in total. The van der Waals surface area contributed by atoms with E-state index in [1.807, 2.05) is 0 Å². The Hall–Kier alpha value is 0. The van der Waals surface area contributed by atoms with Gasteiger partial charge in [-0.1, -0.05) is 53.4 Å². The van der Waals surface area contributed by atoms with Gasteiger partial charge in [-0.3, -0.25) is 0 Å². The molecule has 0 heterocycles. The van der Waals surface area contributed by atoms with Crippen molar-refractivity contribution in [3.05, 3.63) is 0 Å². The van der Waals surface area contributed by atoms with Crippen molar-refractivity contribution in [2.75, 3.05) is 0 Å². The van der Waals surface area contributed by atoms with Crippen LogP contribution in [0.1, 0.15) is 72.6 Å². The number of hydrogen-bond acceptors (Lipinski definition) is 0. The van der Waals surface area contributed by atoms with Crippen molar-refractivity contribution in [2.24, 2.45) is 17.3 Å². The van der Waals surface area contributed by atoms with E-state index in [1.165, 1.54) is 44.9 Å². The Morgan fingerprint density at radius 1 is 1.07 bits per heavy atom. The van der Waals surface area contributed by atoms with Crippen molar-refractivity contribution in [1.29, 1.82) is 0 Å². The maximum atomic E-state index is 2.37. The Morgan fingerprint density at radius 2 is 1.71 bits per heavy atom. The van der Waals surface area contributed by atoms with Crippen molar-refractivity contribution in [1.82, 2.24) is 0 Å². The molecule has 0 radical (unpaired) electrons. The van der Waals surface area contributed by atoms with Gasteiger partial charge in [-0.05, 0) is 36.5 Å². The molecule has 0 amide bonds. The topological polar surface area (TPSA) is 0 Å². The summed E-state index contributed by atoms with van der Waals surface area (Å²) >= 11 is 0. The molecule has 84 valence electrons. The highest BCUT2D eigenvalue weighted by atomic mass is 14.3. The third kappa shape index (κ3) is 4.48. The molecule has 14 heavy (non-hydrogen) atoms. The second kappa shape index (κ2) is 5.19. The second-order valence-electron chi connectivity index (χ2n) is 6.41. The van der Waals surface area contributed by atoms with E-state index in [0.29, 0.717) is 5.41 Å². The first kappa shape index (κ1) is 12.1. The molecule has 0 aliphatic heterocycles. The molecule has 0 saturated heterocycles. The van der Waals surface area contributed by atoms with Crippen LogP contribution in [0, 0.1) is 17.3 Å². The van der Waals surface area contributed by atoms with E-state index in [9.17, 15) is 0 Å². The molecule has 1 rings (SSSR count). The summed E-state index contributed by atoms with van der Waals surface area (Å²) in [5.74, 6) is 2.10. The molecule has 0 aromatic rings. The summed E-state index contributed by atoms with van der Waals surface area (Å²) in [6.07, 6.45) is 10.3. The van der Waals surface area contributed by atoms with Crippen LogP contribution >= 0.6 is 0 Å². The molecule has 0 spiro atoms. The smallest absolute Gasteiger partial charge is 0.0383 e. The molecular weight excluding hydrogens is 168 g/mol. The second-order valence-corrected chi connectivity index (χ2v) is 6.41. The molecule has 0 heteroatoms. The van der Waals surface area contributed by atoms with E-state index in [2.05, 4.69) is 27.7 Å². The lowest BCUT2D eigenvalue weighted by Crippen LogP contribution is -2.17. The summed E-state index contributed by atoms with van der Waals surface area (Å²) in [4.78, 5) is 0. The zero-order valence-electron chi connectivity index (χ0n) is 10.6. The van der Waals surface area contributed by atoms with Crippen molar-refractivity contribution in [3.8, 4) is 0 Å². The fourth-order valence-electron chi connectivity index (χ4n) is 2.67. The predicted octanol–water partition coefficient (Wildman–Crippen LogP) is 5.03. The van der Waals surface area contributed by atoms with Crippen molar-refractivity contribution >= 4 is 0 Å². The van der Waals surface area contributed by atoms with Crippen molar-refractivity contribution in [3.63, 3.8) is 0 Å². The molecule has 1 saturated carbocycles. The highest BCUT2D eigenvalue weighted by Crippen LogP contribution is 2.35. The Balaban J connectivity index is 2.24. The minimum Gasteiger partial charge on any atom is -0.0651 e.